The third kappa shape index (κ3) is 2.59. The SMILES string of the molecule is Cc1ccc(N=c2ssc3c2-c2ccccc2NC3(C)C)cc1Cl. The zero-order valence-electron chi connectivity index (χ0n) is 13.7. The Morgan fingerprint density at radius 3 is 2.67 bits per heavy atom. The van der Waals surface area contributed by atoms with Crippen LogP contribution in [0.1, 0.15) is 24.3 Å². The van der Waals surface area contributed by atoms with E-state index in [0.717, 1.165) is 20.9 Å². The maximum Gasteiger partial charge on any atom is 0.135 e. The summed E-state index contributed by atoms with van der Waals surface area (Å²) in [6.07, 6.45) is 0. The lowest BCUT2D eigenvalue weighted by Gasteiger charge is -2.33. The summed E-state index contributed by atoms with van der Waals surface area (Å²) in [5.41, 5.74) is 5.52. The Balaban J connectivity index is 1.96. The molecule has 4 rings (SSSR count). The van der Waals surface area contributed by atoms with E-state index in [1.807, 2.05) is 25.1 Å². The highest BCUT2D eigenvalue weighted by Crippen LogP contribution is 2.45. The Bertz CT molecular complexity index is 999. The normalized spacial score (nSPS) is 15.6. The van der Waals surface area contributed by atoms with Crippen molar-refractivity contribution in [2.45, 2.75) is 26.3 Å². The first-order valence-corrected chi connectivity index (χ1v) is 10.3. The van der Waals surface area contributed by atoms with E-state index in [4.69, 9.17) is 16.6 Å². The molecule has 0 unspecified atom stereocenters. The monoisotopic (exact) mass is 372 g/mol. The Hall–Kier alpha value is -1.62. The Morgan fingerprint density at radius 1 is 1.08 bits per heavy atom. The molecule has 122 valence electrons. The number of hydrogen-bond donors (Lipinski definition) is 1. The second kappa shape index (κ2) is 5.73. The van der Waals surface area contributed by atoms with Gasteiger partial charge in [0.1, 0.15) is 4.67 Å². The molecular weight excluding hydrogens is 356 g/mol. The molecule has 5 heteroatoms. The van der Waals surface area contributed by atoms with Gasteiger partial charge < -0.3 is 5.32 Å². The van der Waals surface area contributed by atoms with E-state index in [9.17, 15) is 0 Å². The molecule has 1 N–H and O–H groups in total. The fourth-order valence-corrected chi connectivity index (χ4v) is 6.08. The molecule has 1 aliphatic rings. The van der Waals surface area contributed by atoms with Crippen LogP contribution in [0.3, 0.4) is 0 Å². The summed E-state index contributed by atoms with van der Waals surface area (Å²) >= 11 is 6.26. The first-order chi connectivity index (χ1) is 11.5. The molecule has 0 radical (unpaired) electrons. The number of rotatable bonds is 1. The number of aryl methyl sites for hydroxylation is 1. The zero-order valence-corrected chi connectivity index (χ0v) is 16.1. The summed E-state index contributed by atoms with van der Waals surface area (Å²) in [5.74, 6) is 0. The molecule has 2 heterocycles. The smallest absolute Gasteiger partial charge is 0.135 e. The number of hydrogen-bond acceptors (Lipinski definition) is 4. The van der Waals surface area contributed by atoms with Crippen LogP contribution in [0, 0.1) is 6.92 Å². The summed E-state index contributed by atoms with van der Waals surface area (Å²) in [6, 6.07) is 14.4. The van der Waals surface area contributed by atoms with E-state index >= 15 is 0 Å². The zero-order chi connectivity index (χ0) is 16.9. The third-order valence-corrected chi connectivity index (χ3v) is 7.29. The Kier molecular flexibility index (Phi) is 3.79. The molecule has 0 spiro atoms. The summed E-state index contributed by atoms with van der Waals surface area (Å²) in [5, 5.41) is 4.40. The van der Waals surface area contributed by atoms with Crippen LogP contribution in [0.2, 0.25) is 5.02 Å². The van der Waals surface area contributed by atoms with Crippen LogP contribution in [0.4, 0.5) is 11.4 Å². The van der Waals surface area contributed by atoms with Crippen molar-refractivity contribution in [3.8, 4) is 11.1 Å². The number of nitrogens with zero attached hydrogens (tertiary/aromatic N) is 1. The maximum atomic E-state index is 6.26. The Labute approximate surface area is 153 Å². The van der Waals surface area contributed by atoms with Crippen molar-refractivity contribution >= 4 is 43.7 Å². The number of para-hydroxylation sites is 1. The van der Waals surface area contributed by atoms with Crippen LogP contribution >= 0.6 is 32.3 Å². The molecule has 2 aromatic carbocycles. The van der Waals surface area contributed by atoms with E-state index < -0.39 is 0 Å². The summed E-state index contributed by atoms with van der Waals surface area (Å²) < 4.78 is 1.05. The second-order valence-electron chi connectivity index (χ2n) is 6.52. The predicted molar refractivity (Wildman–Crippen MR) is 106 cm³/mol. The molecule has 0 atom stereocenters. The fourth-order valence-electron chi connectivity index (χ4n) is 2.96. The average Bonchev–Trinajstić information content (AvgIpc) is 2.96. The number of anilines is 1. The van der Waals surface area contributed by atoms with Gasteiger partial charge in [-0.05, 0) is 44.5 Å². The van der Waals surface area contributed by atoms with Crippen LogP contribution in [-0.2, 0) is 5.54 Å². The van der Waals surface area contributed by atoms with Gasteiger partial charge in [0, 0.05) is 21.8 Å². The average molecular weight is 373 g/mol. The minimum Gasteiger partial charge on any atom is -0.375 e. The highest BCUT2D eigenvalue weighted by atomic mass is 35.5. The van der Waals surface area contributed by atoms with Crippen LogP contribution in [0.5, 0.6) is 0 Å². The van der Waals surface area contributed by atoms with Gasteiger partial charge in [-0.1, -0.05) is 56.5 Å². The number of nitrogens with one attached hydrogen (secondary N) is 1. The van der Waals surface area contributed by atoms with Gasteiger partial charge in [0.2, 0.25) is 0 Å². The molecule has 0 aliphatic carbocycles. The number of fused-ring (bicyclic) bond motifs is 3. The van der Waals surface area contributed by atoms with Crippen molar-refractivity contribution in [2.75, 3.05) is 5.32 Å². The molecule has 0 saturated heterocycles. The van der Waals surface area contributed by atoms with Crippen molar-refractivity contribution < 1.29 is 0 Å². The lowest BCUT2D eigenvalue weighted by molar-refractivity contribution is 0.619. The van der Waals surface area contributed by atoms with Crippen molar-refractivity contribution in [2.24, 2.45) is 4.99 Å². The van der Waals surface area contributed by atoms with Gasteiger partial charge in [-0.2, -0.15) is 0 Å². The van der Waals surface area contributed by atoms with Gasteiger partial charge >= 0.3 is 0 Å². The van der Waals surface area contributed by atoms with Gasteiger partial charge in [0.15, 0.2) is 0 Å². The standard InChI is InChI=1S/C19H17ClN2S2/c1-11-8-9-12(10-14(11)20)21-18-16-13-6-4-5-7-15(13)22-19(2,3)17(16)23-24-18/h4-10,22H,1-3H3. The molecule has 2 nitrogen and oxygen atoms in total. The van der Waals surface area contributed by atoms with Crippen LogP contribution in [0.15, 0.2) is 47.5 Å². The van der Waals surface area contributed by atoms with Crippen molar-refractivity contribution in [1.29, 1.82) is 0 Å². The molecule has 1 aliphatic heterocycles. The fraction of sp³-hybridized carbons (Fsp3) is 0.211. The minimum absolute atomic E-state index is 0.0937. The van der Waals surface area contributed by atoms with Gasteiger partial charge in [0.05, 0.1) is 16.1 Å². The van der Waals surface area contributed by atoms with Crippen LogP contribution in [0.25, 0.3) is 11.1 Å². The van der Waals surface area contributed by atoms with Gasteiger partial charge in [-0.15, -0.1) is 0 Å². The van der Waals surface area contributed by atoms with E-state index in [0.29, 0.717) is 0 Å². The molecule has 0 fully saturated rings. The lowest BCUT2D eigenvalue weighted by Crippen LogP contribution is -2.31. The first-order valence-electron chi connectivity index (χ1n) is 7.78. The van der Waals surface area contributed by atoms with E-state index in [1.54, 1.807) is 20.7 Å². The first kappa shape index (κ1) is 15.9. The lowest BCUT2D eigenvalue weighted by atomic mass is 9.90. The van der Waals surface area contributed by atoms with E-state index in [2.05, 4.69) is 43.4 Å². The summed E-state index contributed by atoms with van der Waals surface area (Å²) in [6.45, 7) is 6.45. The topological polar surface area (TPSA) is 24.4 Å². The summed E-state index contributed by atoms with van der Waals surface area (Å²) in [4.78, 5) is 6.23. The molecule has 0 amide bonds. The third-order valence-electron chi connectivity index (χ3n) is 4.24. The highest BCUT2D eigenvalue weighted by Gasteiger charge is 2.33. The van der Waals surface area contributed by atoms with Crippen molar-refractivity contribution in [3.63, 3.8) is 0 Å². The maximum absolute atomic E-state index is 6.26. The minimum atomic E-state index is -0.0937. The number of halogens is 1. The Morgan fingerprint density at radius 2 is 1.88 bits per heavy atom. The van der Waals surface area contributed by atoms with Gasteiger partial charge in [-0.25, -0.2) is 4.99 Å². The largest absolute Gasteiger partial charge is 0.375 e. The molecule has 0 saturated carbocycles. The molecule has 24 heavy (non-hydrogen) atoms. The van der Waals surface area contributed by atoms with E-state index in [-0.39, 0.29) is 5.54 Å². The van der Waals surface area contributed by atoms with Crippen LogP contribution in [-0.4, -0.2) is 0 Å². The van der Waals surface area contributed by atoms with Gasteiger partial charge in [-0.3, -0.25) is 0 Å². The van der Waals surface area contributed by atoms with Gasteiger partial charge in [0.25, 0.3) is 0 Å². The molecule has 1 aromatic heterocycles. The summed E-state index contributed by atoms with van der Waals surface area (Å²) in [7, 11) is 3.53. The molecular formula is C19H17ClN2S2. The predicted octanol–water partition coefficient (Wildman–Crippen LogP) is 6.33. The molecule has 0 bridgehead atoms. The second-order valence-corrected chi connectivity index (χ2v) is 9.05. The number of benzene rings is 2. The van der Waals surface area contributed by atoms with Crippen LogP contribution < -0.4 is 9.99 Å². The van der Waals surface area contributed by atoms with E-state index in [1.165, 1.54) is 21.7 Å². The van der Waals surface area contributed by atoms with Crippen molar-refractivity contribution in [3.05, 3.63) is 62.6 Å². The molecule has 3 aromatic rings. The quantitative estimate of drug-likeness (QED) is 0.496. The van der Waals surface area contributed by atoms with Crippen molar-refractivity contribution in [1.82, 2.24) is 0 Å². The highest BCUT2D eigenvalue weighted by molar-refractivity contribution is 7.68.